The maximum atomic E-state index is 11.9. The molecule has 176 valence electrons. The smallest absolute Gasteiger partial charge is 0.267 e. The number of pyridine rings is 1. The highest BCUT2D eigenvalue weighted by molar-refractivity contribution is 5.90. The first-order valence-electron chi connectivity index (χ1n) is 12.1. The molecule has 0 spiro atoms. The van der Waals surface area contributed by atoms with Crippen molar-refractivity contribution in [1.82, 2.24) is 15.4 Å². The maximum Gasteiger partial charge on any atom is 0.267 e. The Labute approximate surface area is 202 Å². The predicted octanol–water partition coefficient (Wildman–Crippen LogP) is 5.08. The van der Waals surface area contributed by atoms with Gasteiger partial charge in [-0.2, -0.15) is 0 Å². The number of nitrogens with one attached hydrogen (secondary N) is 1. The minimum absolute atomic E-state index is 0.266. The first-order valence-corrected chi connectivity index (χ1v) is 12.1. The molecular formula is C29H33N3O2. The summed E-state index contributed by atoms with van der Waals surface area (Å²) in [7, 11) is 0. The summed E-state index contributed by atoms with van der Waals surface area (Å²) in [6.45, 7) is 3.68. The average molecular weight is 456 g/mol. The number of benzene rings is 2. The number of hydrogen-bond acceptors (Lipinski definition) is 4. The van der Waals surface area contributed by atoms with Crippen LogP contribution in [0.25, 0.3) is 6.08 Å². The molecule has 0 aliphatic carbocycles. The molecule has 5 heteroatoms. The molecule has 4 rings (SSSR count). The Hall–Kier alpha value is -3.28. The van der Waals surface area contributed by atoms with Crippen LogP contribution in [0.3, 0.4) is 0 Å². The van der Waals surface area contributed by atoms with E-state index in [4.69, 9.17) is 4.84 Å². The van der Waals surface area contributed by atoms with E-state index >= 15 is 0 Å². The summed E-state index contributed by atoms with van der Waals surface area (Å²) in [6, 6.07) is 25.6. The minimum atomic E-state index is -0.266. The molecule has 1 aromatic heterocycles. The standard InChI is InChI=1S/C29H33N3O2/c33-28(15-14-24-9-7-18-30-23-24)31-34-22-8-19-32-20-16-27(17-21-32)29(25-10-3-1-4-11-25)26-12-5-2-6-13-26/h1-7,9-15,18,23,27,29H,8,16-17,19-22H2,(H,31,33)/b15-14-. The number of nitrogens with zero attached hydrogens (tertiary/aromatic N) is 2. The van der Waals surface area contributed by atoms with Gasteiger partial charge in [0.2, 0.25) is 0 Å². The molecule has 1 N–H and O–H groups in total. The summed E-state index contributed by atoms with van der Waals surface area (Å²) in [5, 5.41) is 0. The van der Waals surface area contributed by atoms with Crippen molar-refractivity contribution in [3.8, 4) is 0 Å². The molecule has 1 fully saturated rings. The van der Waals surface area contributed by atoms with Crippen LogP contribution in [0, 0.1) is 5.92 Å². The highest BCUT2D eigenvalue weighted by Crippen LogP contribution is 2.37. The molecule has 1 aliphatic heterocycles. The Morgan fingerprint density at radius 1 is 1.00 bits per heavy atom. The van der Waals surface area contributed by atoms with Crippen LogP contribution in [0.15, 0.2) is 91.3 Å². The third kappa shape index (κ3) is 7.11. The van der Waals surface area contributed by atoms with Gasteiger partial charge in [0, 0.05) is 30.9 Å². The third-order valence-electron chi connectivity index (χ3n) is 6.43. The van der Waals surface area contributed by atoms with Crippen LogP contribution < -0.4 is 5.48 Å². The zero-order chi connectivity index (χ0) is 23.4. The van der Waals surface area contributed by atoms with Crippen molar-refractivity contribution in [2.24, 2.45) is 5.92 Å². The summed E-state index contributed by atoms with van der Waals surface area (Å²) in [6.07, 6.45) is 9.84. The Morgan fingerprint density at radius 2 is 1.68 bits per heavy atom. The van der Waals surface area contributed by atoms with Crippen LogP contribution in [-0.2, 0) is 9.63 Å². The number of likely N-dealkylation sites (tertiary alicyclic amines) is 1. The molecule has 0 bridgehead atoms. The highest BCUT2D eigenvalue weighted by atomic mass is 16.6. The van der Waals surface area contributed by atoms with Gasteiger partial charge in [0.1, 0.15) is 0 Å². The Kier molecular flexibility index (Phi) is 9.00. The van der Waals surface area contributed by atoms with Gasteiger partial charge < -0.3 is 4.90 Å². The first kappa shape index (κ1) is 23.9. The predicted molar refractivity (Wildman–Crippen MR) is 136 cm³/mol. The Bertz CT molecular complexity index is 978. The molecule has 0 unspecified atom stereocenters. The fraction of sp³-hybridized carbons (Fsp3) is 0.310. The van der Waals surface area contributed by atoms with E-state index in [1.807, 2.05) is 12.1 Å². The second-order valence-corrected chi connectivity index (χ2v) is 8.77. The lowest BCUT2D eigenvalue weighted by Gasteiger charge is -2.36. The summed E-state index contributed by atoms with van der Waals surface area (Å²) in [5.41, 5.74) is 6.18. The van der Waals surface area contributed by atoms with E-state index in [2.05, 4.69) is 76.0 Å². The van der Waals surface area contributed by atoms with Gasteiger partial charge in [-0.1, -0.05) is 66.7 Å². The molecule has 1 amide bonds. The fourth-order valence-electron chi connectivity index (χ4n) is 4.73. The minimum Gasteiger partial charge on any atom is -0.303 e. The number of rotatable bonds is 10. The summed E-state index contributed by atoms with van der Waals surface area (Å²) in [5.74, 6) is 0.823. The number of carbonyl (C=O) groups is 1. The van der Waals surface area contributed by atoms with Crippen LogP contribution >= 0.6 is 0 Å². The monoisotopic (exact) mass is 455 g/mol. The van der Waals surface area contributed by atoms with Crippen molar-refractivity contribution in [2.45, 2.75) is 25.2 Å². The second kappa shape index (κ2) is 12.8. The van der Waals surface area contributed by atoms with Crippen LogP contribution in [0.2, 0.25) is 0 Å². The van der Waals surface area contributed by atoms with E-state index in [9.17, 15) is 4.79 Å². The summed E-state index contributed by atoms with van der Waals surface area (Å²) >= 11 is 0. The molecule has 0 atom stereocenters. The van der Waals surface area contributed by atoms with Gasteiger partial charge in [-0.25, -0.2) is 5.48 Å². The molecule has 1 saturated heterocycles. The zero-order valence-corrected chi connectivity index (χ0v) is 19.6. The molecule has 1 aliphatic rings. The Morgan fingerprint density at radius 3 is 2.29 bits per heavy atom. The van der Waals surface area contributed by atoms with E-state index < -0.39 is 0 Å². The van der Waals surface area contributed by atoms with Crippen molar-refractivity contribution in [1.29, 1.82) is 0 Å². The van der Waals surface area contributed by atoms with E-state index in [-0.39, 0.29) is 5.91 Å². The molecule has 5 nitrogen and oxygen atoms in total. The molecule has 0 radical (unpaired) electrons. The molecule has 2 heterocycles. The van der Waals surface area contributed by atoms with Crippen LogP contribution in [0.1, 0.15) is 41.9 Å². The number of hydroxylamine groups is 1. The molecular weight excluding hydrogens is 422 g/mol. The average Bonchev–Trinajstić information content (AvgIpc) is 2.90. The van der Waals surface area contributed by atoms with Crippen molar-refractivity contribution in [2.75, 3.05) is 26.2 Å². The number of hydrogen-bond donors (Lipinski definition) is 1. The maximum absolute atomic E-state index is 11.9. The lowest BCUT2D eigenvalue weighted by Crippen LogP contribution is -2.37. The number of aromatic nitrogens is 1. The van der Waals surface area contributed by atoms with Gasteiger partial charge in [-0.05, 0) is 67.1 Å². The van der Waals surface area contributed by atoms with Crippen molar-refractivity contribution >= 4 is 12.0 Å². The van der Waals surface area contributed by atoms with Crippen LogP contribution in [0.5, 0.6) is 0 Å². The van der Waals surface area contributed by atoms with E-state index in [0.717, 1.165) is 31.6 Å². The number of amides is 1. The summed E-state index contributed by atoms with van der Waals surface area (Å²) in [4.78, 5) is 23.7. The number of piperidine rings is 1. The van der Waals surface area contributed by atoms with Crippen LogP contribution in [0.4, 0.5) is 0 Å². The molecule has 34 heavy (non-hydrogen) atoms. The topological polar surface area (TPSA) is 54.5 Å². The molecule has 0 saturated carbocycles. The van der Waals surface area contributed by atoms with E-state index in [0.29, 0.717) is 18.4 Å². The van der Waals surface area contributed by atoms with E-state index in [1.165, 1.54) is 30.0 Å². The Balaban J connectivity index is 1.18. The molecule has 3 aromatic rings. The van der Waals surface area contributed by atoms with Gasteiger partial charge in [0.15, 0.2) is 0 Å². The van der Waals surface area contributed by atoms with Gasteiger partial charge in [-0.3, -0.25) is 14.6 Å². The largest absolute Gasteiger partial charge is 0.303 e. The third-order valence-corrected chi connectivity index (χ3v) is 6.43. The summed E-state index contributed by atoms with van der Waals surface area (Å²) < 4.78 is 0. The van der Waals surface area contributed by atoms with E-state index in [1.54, 1.807) is 18.5 Å². The second-order valence-electron chi connectivity index (χ2n) is 8.77. The first-order chi connectivity index (χ1) is 16.8. The van der Waals surface area contributed by atoms with Crippen LogP contribution in [-0.4, -0.2) is 42.0 Å². The quantitative estimate of drug-likeness (QED) is 0.263. The normalized spacial score (nSPS) is 15.1. The van der Waals surface area contributed by atoms with Gasteiger partial charge >= 0.3 is 0 Å². The van der Waals surface area contributed by atoms with Crippen molar-refractivity contribution in [3.63, 3.8) is 0 Å². The van der Waals surface area contributed by atoms with Gasteiger partial charge in [0.05, 0.1) is 6.61 Å². The zero-order valence-electron chi connectivity index (χ0n) is 19.6. The lowest BCUT2D eigenvalue weighted by atomic mass is 9.76. The molecule has 2 aromatic carbocycles. The van der Waals surface area contributed by atoms with Gasteiger partial charge in [0.25, 0.3) is 5.91 Å². The fourth-order valence-corrected chi connectivity index (χ4v) is 4.73. The van der Waals surface area contributed by atoms with Gasteiger partial charge in [-0.15, -0.1) is 0 Å². The van der Waals surface area contributed by atoms with Crippen molar-refractivity contribution in [3.05, 3.63) is 108 Å². The van der Waals surface area contributed by atoms with Crippen molar-refractivity contribution < 1.29 is 9.63 Å². The lowest BCUT2D eigenvalue weighted by molar-refractivity contribution is -0.128. The number of carbonyl (C=O) groups excluding carboxylic acids is 1. The SMILES string of the molecule is O=C(/C=C\c1cccnc1)NOCCCN1CCC(C(c2ccccc2)c2ccccc2)CC1. The highest BCUT2D eigenvalue weighted by Gasteiger charge is 2.28.